The SMILES string of the molecule is C[C@@H]1COCCN1Cc1csc(C(C)(C)C)n1. The fourth-order valence-electron chi connectivity index (χ4n) is 1.93. The van der Waals surface area contributed by atoms with Gasteiger partial charge in [-0.25, -0.2) is 4.98 Å². The molecule has 1 aromatic rings. The van der Waals surface area contributed by atoms with E-state index in [-0.39, 0.29) is 5.41 Å². The molecule has 0 saturated carbocycles. The van der Waals surface area contributed by atoms with Gasteiger partial charge in [-0.1, -0.05) is 20.8 Å². The van der Waals surface area contributed by atoms with Crippen molar-refractivity contribution in [2.75, 3.05) is 19.8 Å². The Balaban J connectivity index is 2.01. The molecule has 0 aromatic carbocycles. The predicted molar refractivity (Wildman–Crippen MR) is 71.5 cm³/mol. The molecule has 2 rings (SSSR count). The van der Waals surface area contributed by atoms with Crippen LogP contribution in [0.25, 0.3) is 0 Å². The van der Waals surface area contributed by atoms with E-state index in [1.165, 1.54) is 10.7 Å². The summed E-state index contributed by atoms with van der Waals surface area (Å²) in [4.78, 5) is 7.20. The zero-order chi connectivity index (χ0) is 12.5. The molecule has 0 unspecified atom stereocenters. The molecule has 0 aliphatic carbocycles. The summed E-state index contributed by atoms with van der Waals surface area (Å²) < 4.78 is 5.45. The quantitative estimate of drug-likeness (QED) is 0.811. The van der Waals surface area contributed by atoms with Crippen molar-refractivity contribution < 1.29 is 4.74 Å². The minimum absolute atomic E-state index is 0.166. The summed E-state index contributed by atoms with van der Waals surface area (Å²) in [6, 6.07) is 0.503. The smallest absolute Gasteiger partial charge is 0.0982 e. The normalized spacial score (nSPS) is 22.9. The van der Waals surface area contributed by atoms with Gasteiger partial charge < -0.3 is 4.74 Å². The highest BCUT2D eigenvalue weighted by molar-refractivity contribution is 7.09. The summed E-state index contributed by atoms with van der Waals surface area (Å²) >= 11 is 1.78. The number of ether oxygens (including phenoxy) is 1. The second kappa shape index (κ2) is 5.04. The molecule has 1 aromatic heterocycles. The number of thiazole rings is 1. The van der Waals surface area contributed by atoms with Gasteiger partial charge in [-0.05, 0) is 6.92 Å². The van der Waals surface area contributed by atoms with Gasteiger partial charge in [0.15, 0.2) is 0 Å². The van der Waals surface area contributed by atoms with E-state index in [0.717, 1.165) is 26.3 Å². The van der Waals surface area contributed by atoms with Crippen LogP contribution in [0.2, 0.25) is 0 Å². The van der Waals surface area contributed by atoms with Gasteiger partial charge in [-0.15, -0.1) is 11.3 Å². The summed E-state index contributed by atoms with van der Waals surface area (Å²) in [5.41, 5.74) is 1.37. The van der Waals surface area contributed by atoms with Crippen molar-refractivity contribution in [3.8, 4) is 0 Å². The summed E-state index contributed by atoms with van der Waals surface area (Å²) in [5, 5.41) is 3.43. The molecule has 17 heavy (non-hydrogen) atoms. The Labute approximate surface area is 108 Å². The lowest BCUT2D eigenvalue weighted by Gasteiger charge is -2.32. The number of nitrogens with zero attached hydrogens (tertiary/aromatic N) is 2. The van der Waals surface area contributed by atoms with Crippen molar-refractivity contribution in [1.29, 1.82) is 0 Å². The van der Waals surface area contributed by atoms with Gasteiger partial charge >= 0.3 is 0 Å². The zero-order valence-electron chi connectivity index (χ0n) is 11.2. The van der Waals surface area contributed by atoms with E-state index >= 15 is 0 Å². The molecular weight excluding hydrogens is 232 g/mol. The van der Waals surface area contributed by atoms with Crippen LogP contribution in [0.15, 0.2) is 5.38 Å². The molecule has 4 heteroatoms. The van der Waals surface area contributed by atoms with Gasteiger partial charge in [0.2, 0.25) is 0 Å². The van der Waals surface area contributed by atoms with E-state index in [4.69, 9.17) is 9.72 Å². The van der Waals surface area contributed by atoms with Crippen LogP contribution in [-0.2, 0) is 16.7 Å². The molecular formula is C13H22N2OS. The maximum Gasteiger partial charge on any atom is 0.0982 e. The van der Waals surface area contributed by atoms with E-state index in [9.17, 15) is 0 Å². The van der Waals surface area contributed by atoms with E-state index in [0.29, 0.717) is 6.04 Å². The second-order valence-corrected chi connectivity index (χ2v) is 6.65. The van der Waals surface area contributed by atoms with Crippen LogP contribution in [0.1, 0.15) is 38.4 Å². The Hall–Kier alpha value is -0.450. The average Bonchev–Trinajstić information content (AvgIpc) is 2.69. The van der Waals surface area contributed by atoms with Crippen LogP contribution >= 0.6 is 11.3 Å². The highest BCUT2D eigenvalue weighted by Gasteiger charge is 2.22. The van der Waals surface area contributed by atoms with Crippen LogP contribution in [0, 0.1) is 0 Å². The maximum absolute atomic E-state index is 5.45. The monoisotopic (exact) mass is 254 g/mol. The number of morpholine rings is 1. The first kappa shape index (κ1) is 13.0. The van der Waals surface area contributed by atoms with Crippen LogP contribution in [0.5, 0.6) is 0 Å². The molecule has 1 atom stereocenters. The molecule has 1 aliphatic rings. The summed E-state index contributed by atoms with van der Waals surface area (Å²) in [6.07, 6.45) is 0. The van der Waals surface area contributed by atoms with E-state index in [1.807, 2.05) is 0 Å². The van der Waals surface area contributed by atoms with Crippen LogP contribution in [0.4, 0.5) is 0 Å². The maximum atomic E-state index is 5.45. The molecule has 1 saturated heterocycles. The van der Waals surface area contributed by atoms with Crippen molar-refractivity contribution in [2.45, 2.75) is 45.7 Å². The van der Waals surface area contributed by atoms with E-state index < -0.39 is 0 Å². The number of rotatable bonds is 2. The van der Waals surface area contributed by atoms with Gasteiger partial charge in [-0.3, -0.25) is 4.90 Å². The molecule has 96 valence electrons. The standard InChI is InChI=1S/C13H22N2OS/c1-10-8-16-6-5-15(10)7-11-9-17-12(14-11)13(2,3)4/h9-10H,5-8H2,1-4H3/t10-/m1/s1. The van der Waals surface area contributed by atoms with Crippen molar-refractivity contribution in [3.05, 3.63) is 16.1 Å². The molecule has 1 fully saturated rings. The van der Waals surface area contributed by atoms with Crippen molar-refractivity contribution in [3.63, 3.8) is 0 Å². The average molecular weight is 254 g/mol. The number of hydrogen-bond donors (Lipinski definition) is 0. The van der Waals surface area contributed by atoms with Gasteiger partial charge in [0, 0.05) is 29.9 Å². The molecule has 0 amide bonds. The lowest BCUT2D eigenvalue weighted by Crippen LogP contribution is -2.43. The largest absolute Gasteiger partial charge is 0.379 e. The first-order valence-electron chi connectivity index (χ1n) is 6.23. The Morgan fingerprint density at radius 3 is 2.88 bits per heavy atom. The Morgan fingerprint density at radius 1 is 1.53 bits per heavy atom. The van der Waals surface area contributed by atoms with Crippen molar-refractivity contribution >= 4 is 11.3 Å². The van der Waals surface area contributed by atoms with Crippen LogP contribution in [0.3, 0.4) is 0 Å². The zero-order valence-corrected chi connectivity index (χ0v) is 12.0. The Morgan fingerprint density at radius 2 is 2.29 bits per heavy atom. The number of aromatic nitrogens is 1. The van der Waals surface area contributed by atoms with Crippen molar-refractivity contribution in [1.82, 2.24) is 9.88 Å². The predicted octanol–water partition coefficient (Wildman–Crippen LogP) is 2.66. The molecule has 0 N–H and O–H groups in total. The lowest BCUT2D eigenvalue weighted by atomic mass is 9.98. The molecule has 0 spiro atoms. The summed E-state index contributed by atoms with van der Waals surface area (Å²) in [7, 11) is 0. The first-order valence-corrected chi connectivity index (χ1v) is 7.11. The van der Waals surface area contributed by atoms with Gasteiger partial charge in [0.1, 0.15) is 0 Å². The topological polar surface area (TPSA) is 25.4 Å². The van der Waals surface area contributed by atoms with Gasteiger partial charge in [0.05, 0.1) is 23.9 Å². The Kier molecular flexibility index (Phi) is 3.85. The first-order chi connectivity index (χ1) is 7.97. The van der Waals surface area contributed by atoms with Crippen LogP contribution < -0.4 is 0 Å². The Bertz CT molecular complexity index is 370. The van der Waals surface area contributed by atoms with Gasteiger partial charge in [0.25, 0.3) is 0 Å². The fraction of sp³-hybridized carbons (Fsp3) is 0.769. The molecule has 2 heterocycles. The minimum Gasteiger partial charge on any atom is -0.379 e. The van der Waals surface area contributed by atoms with Gasteiger partial charge in [-0.2, -0.15) is 0 Å². The third-order valence-corrected chi connectivity index (χ3v) is 4.38. The molecule has 0 radical (unpaired) electrons. The number of hydrogen-bond acceptors (Lipinski definition) is 4. The summed E-state index contributed by atoms with van der Waals surface area (Å²) in [6.45, 7) is 12.5. The van der Waals surface area contributed by atoms with E-state index in [1.54, 1.807) is 11.3 Å². The molecule has 1 aliphatic heterocycles. The third-order valence-electron chi connectivity index (χ3n) is 3.06. The highest BCUT2D eigenvalue weighted by atomic mass is 32.1. The van der Waals surface area contributed by atoms with E-state index in [2.05, 4.69) is 38.0 Å². The third kappa shape index (κ3) is 3.27. The van der Waals surface area contributed by atoms with Crippen LogP contribution in [-0.4, -0.2) is 35.7 Å². The van der Waals surface area contributed by atoms with Crippen molar-refractivity contribution in [2.24, 2.45) is 0 Å². The molecule has 0 bridgehead atoms. The second-order valence-electron chi connectivity index (χ2n) is 5.79. The highest BCUT2D eigenvalue weighted by Crippen LogP contribution is 2.26. The lowest BCUT2D eigenvalue weighted by molar-refractivity contribution is -0.00486. The summed E-state index contributed by atoms with van der Waals surface area (Å²) in [5.74, 6) is 0. The fourth-order valence-corrected chi connectivity index (χ4v) is 2.83. The minimum atomic E-state index is 0.166. The molecule has 3 nitrogen and oxygen atoms in total.